The molecule has 1 aliphatic carbocycles. The van der Waals surface area contributed by atoms with Crippen LogP contribution in [0, 0.1) is 5.82 Å². The van der Waals surface area contributed by atoms with Crippen molar-refractivity contribution >= 4 is 11.7 Å². The van der Waals surface area contributed by atoms with Gasteiger partial charge in [-0.05, 0) is 69.7 Å². The van der Waals surface area contributed by atoms with Crippen LogP contribution < -0.4 is 16.2 Å². The van der Waals surface area contributed by atoms with Crippen LogP contribution in [0.2, 0.25) is 0 Å². The minimum Gasteiger partial charge on any atom is -0.333 e. The van der Waals surface area contributed by atoms with E-state index in [9.17, 15) is 14.0 Å². The number of carbonyl (C=O) groups excluding carboxylic acids is 1. The standard InChI is InChI=1S/C20H25FN4O2/c1-20(2,3)23-19(27)22-17-11-12(8-9-15(17)21)10-16-13-6-4-5-7-14(13)18(26)25-24-16/h8-9,11H,4-7,10H2,1-3H3,(H,25,26)(H2,22,23,27). The Hall–Kier alpha value is -2.70. The van der Waals surface area contributed by atoms with Crippen LogP contribution in [0.1, 0.15) is 56.0 Å². The summed E-state index contributed by atoms with van der Waals surface area (Å²) in [7, 11) is 0. The minimum atomic E-state index is -0.501. The smallest absolute Gasteiger partial charge is 0.319 e. The average Bonchev–Trinajstić information content (AvgIpc) is 2.59. The zero-order valence-corrected chi connectivity index (χ0v) is 15.9. The van der Waals surface area contributed by atoms with Crippen LogP contribution in [0.5, 0.6) is 0 Å². The van der Waals surface area contributed by atoms with Crippen molar-refractivity contribution in [1.29, 1.82) is 0 Å². The number of anilines is 1. The number of rotatable bonds is 3. The predicted octanol–water partition coefficient (Wildman–Crippen LogP) is 3.30. The summed E-state index contributed by atoms with van der Waals surface area (Å²) >= 11 is 0. The fourth-order valence-corrected chi connectivity index (χ4v) is 3.34. The Balaban J connectivity index is 1.83. The first kappa shape index (κ1) is 19.1. The third-order valence-electron chi connectivity index (χ3n) is 4.52. The van der Waals surface area contributed by atoms with Crippen molar-refractivity contribution in [3.8, 4) is 0 Å². The maximum atomic E-state index is 14.1. The second kappa shape index (κ2) is 7.50. The lowest BCUT2D eigenvalue weighted by atomic mass is 9.90. The summed E-state index contributed by atoms with van der Waals surface area (Å²) in [4.78, 5) is 24.0. The van der Waals surface area contributed by atoms with Crippen LogP contribution in [0.3, 0.4) is 0 Å². The lowest BCUT2D eigenvalue weighted by molar-refractivity contribution is 0.243. The van der Waals surface area contributed by atoms with Crippen molar-refractivity contribution in [1.82, 2.24) is 15.5 Å². The van der Waals surface area contributed by atoms with Crippen LogP contribution in [-0.2, 0) is 19.3 Å². The molecule has 27 heavy (non-hydrogen) atoms. The van der Waals surface area contributed by atoms with Crippen molar-refractivity contribution in [3.05, 3.63) is 56.8 Å². The molecule has 0 spiro atoms. The molecule has 1 aliphatic rings. The van der Waals surface area contributed by atoms with Gasteiger partial charge >= 0.3 is 6.03 Å². The molecule has 1 aromatic carbocycles. The summed E-state index contributed by atoms with van der Waals surface area (Å²) in [5.74, 6) is -0.501. The van der Waals surface area contributed by atoms with E-state index in [4.69, 9.17) is 0 Å². The number of urea groups is 1. The highest BCUT2D eigenvalue weighted by Crippen LogP contribution is 2.24. The number of fused-ring (bicyclic) bond motifs is 1. The summed E-state index contributed by atoms with van der Waals surface area (Å²) in [6.45, 7) is 5.55. The Bertz CT molecular complexity index is 915. The van der Waals surface area contributed by atoms with Gasteiger partial charge in [-0.15, -0.1) is 0 Å². The Morgan fingerprint density at radius 1 is 1.22 bits per heavy atom. The van der Waals surface area contributed by atoms with E-state index in [-0.39, 0.29) is 11.2 Å². The molecule has 6 nitrogen and oxygen atoms in total. The van der Waals surface area contributed by atoms with Gasteiger partial charge in [-0.25, -0.2) is 14.3 Å². The van der Waals surface area contributed by atoms with Crippen molar-refractivity contribution in [2.45, 2.75) is 58.4 Å². The Morgan fingerprint density at radius 3 is 2.63 bits per heavy atom. The summed E-state index contributed by atoms with van der Waals surface area (Å²) in [5, 5.41) is 12.1. The van der Waals surface area contributed by atoms with Crippen LogP contribution in [0.25, 0.3) is 0 Å². The average molecular weight is 372 g/mol. The Kier molecular flexibility index (Phi) is 5.30. The van der Waals surface area contributed by atoms with E-state index in [1.807, 2.05) is 20.8 Å². The maximum Gasteiger partial charge on any atom is 0.319 e. The largest absolute Gasteiger partial charge is 0.333 e. The van der Waals surface area contributed by atoms with E-state index < -0.39 is 17.4 Å². The van der Waals surface area contributed by atoms with Crippen LogP contribution in [0.15, 0.2) is 23.0 Å². The monoisotopic (exact) mass is 372 g/mol. The number of amides is 2. The molecule has 0 fully saturated rings. The molecule has 1 heterocycles. The van der Waals surface area contributed by atoms with Crippen LogP contribution in [-0.4, -0.2) is 21.8 Å². The fraction of sp³-hybridized carbons (Fsp3) is 0.450. The van der Waals surface area contributed by atoms with Crippen molar-refractivity contribution in [3.63, 3.8) is 0 Å². The SMILES string of the molecule is CC(C)(C)NC(=O)Nc1cc(Cc2n[nH]c(=O)c3c2CCCC3)ccc1F. The first-order valence-corrected chi connectivity index (χ1v) is 9.20. The molecule has 3 N–H and O–H groups in total. The van der Waals surface area contributed by atoms with Gasteiger partial charge in [0.15, 0.2) is 0 Å². The molecule has 1 aromatic heterocycles. The number of H-pyrrole nitrogens is 1. The van der Waals surface area contributed by atoms with Gasteiger partial charge in [-0.1, -0.05) is 6.07 Å². The molecule has 2 amide bonds. The van der Waals surface area contributed by atoms with Gasteiger partial charge in [-0.2, -0.15) is 5.10 Å². The highest BCUT2D eigenvalue weighted by atomic mass is 19.1. The first-order chi connectivity index (χ1) is 12.7. The summed E-state index contributed by atoms with van der Waals surface area (Å²) in [5.41, 5.74) is 3.03. The fourth-order valence-electron chi connectivity index (χ4n) is 3.34. The van der Waals surface area contributed by atoms with E-state index in [0.717, 1.165) is 48.1 Å². The van der Waals surface area contributed by atoms with Gasteiger partial charge < -0.3 is 10.6 Å². The van der Waals surface area contributed by atoms with Gasteiger partial charge in [0.1, 0.15) is 5.82 Å². The zero-order chi connectivity index (χ0) is 19.6. The molecule has 144 valence electrons. The molecular weight excluding hydrogens is 347 g/mol. The van der Waals surface area contributed by atoms with Gasteiger partial charge in [0.05, 0.1) is 11.4 Å². The lowest BCUT2D eigenvalue weighted by Gasteiger charge is -2.21. The number of halogens is 1. The quantitative estimate of drug-likeness (QED) is 0.773. The number of aromatic nitrogens is 2. The van der Waals surface area contributed by atoms with Crippen LogP contribution in [0.4, 0.5) is 14.9 Å². The first-order valence-electron chi connectivity index (χ1n) is 9.20. The van der Waals surface area contributed by atoms with Gasteiger partial charge in [0.2, 0.25) is 0 Å². The molecule has 0 aliphatic heterocycles. The maximum absolute atomic E-state index is 14.1. The molecule has 0 atom stereocenters. The van der Waals surface area contributed by atoms with E-state index in [0.29, 0.717) is 6.42 Å². The van der Waals surface area contributed by atoms with Crippen LogP contribution >= 0.6 is 0 Å². The minimum absolute atomic E-state index is 0.117. The van der Waals surface area contributed by atoms with Gasteiger partial charge in [0.25, 0.3) is 5.56 Å². The molecule has 0 unspecified atom stereocenters. The number of hydrogen-bond donors (Lipinski definition) is 3. The van der Waals surface area contributed by atoms with Gasteiger partial charge in [0, 0.05) is 17.5 Å². The summed E-state index contributed by atoms with van der Waals surface area (Å²) in [6.07, 6.45) is 4.11. The topological polar surface area (TPSA) is 86.9 Å². The summed E-state index contributed by atoms with van der Waals surface area (Å²) < 4.78 is 14.1. The molecule has 0 bridgehead atoms. The number of nitrogens with one attached hydrogen (secondary N) is 3. The molecular formula is C20H25FN4O2. The molecule has 7 heteroatoms. The Labute approximate surface area is 157 Å². The van der Waals surface area contributed by atoms with E-state index in [1.54, 1.807) is 12.1 Å². The molecule has 3 rings (SSSR count). The molecule has 2 aromatic rings. The second-order valence-corrected chi connectivity index (χ2v) is 7.98. The number of hydrogen-bond acceptors (Lipinski definition) is 3. The molecule has 0 saturated heterocycles. The Morgan fingerprint density at radius 2 is 1.93 bits per heavy atom. The van der Waals surface area contributed by atoms with E-state index in [1.165, 1.54) is 6.07 Å². The molecule has 0 saturated carbocycles. The van der Waals surface area contributed by atoms with Crippen molar-refractivity contribution in [2.24, 2.45) is 0 Å². The predicted molar refractivity (Wildman–Crippen MR) is 103 cm³/mol. The highest BCUT2D eigenvalue weighted by Gasteiger charge is 2.19. The third-order valence-corrected chi connectivity index (χ3v) is 4.52. The number of carbonyl (C=O) groups is 1. The number of nitrogens with zero attached hydrogens (tertiary/aromatic N) is 1. The summed E-state index contributed by atoms with van der Waals surface area (Å²) in [6, 6.07) is 4.15. The number of aromatic amines is 1. The normalized spacial score (nSPS) is 13.8. The van der Waals surface area contributed by atoms with Gasteiger partial charge in [-0.3, -0.25) is 4.79 Å². The zero-order valence-electron chi connectivity index (χ0n) is 15.9. The van der Waals surface area contributed by atoms with E-state index in [2.05, 4.69) is 20.8 Å². The highest BCUT2D eigenvalue weighted by molar-refractivity contribution is 5.89. The molecule has 0 radical (unpaired) electrons. The number of benzene rings is 1. The van der Waals surface area contributed by atoms with E-state index >= 15 is 0 Å². The lowest BCUT2D eigenvalue weighted by Crippen LogP contribution is -2.43. The van der Waals surface area contributed by atoms with Crippen molar-refractivity contribution in [2.75, 3.05) is 5.32 Å². The third kappa shape index (κ3) is 4.72. The second-order valence-electron chi connectivity index (χ2n) is 7.98. The van der Waals surface area contributed by atoms with Crippen molar-refractivity contribution < 1.29 is 9.18 Å².